The van der Waals surface area contributed by atoms with E-state index in [1.807, 2.05) is 18.2 Å². The first-order valence-corrected chi connectivity index (χ1v) is 21.1. The molecular formula is C59H42N2. The second-order valence-electron chi connectivity index (χ2n) is 16.5. The Labute approximate surface area is 357 Å². The smallest absolute Gasteiger partial charge is 0.160 e. The molecule has 0 amide bonds. The Morgan fingerprint density at radius 2 is 0.770 bits per heavy atom. The van der Waals surface area contributed by atoms with Crippen molar-refractivity contribution in [3.63, 3.8) is 0 Å². The number of aromatic nitrogens is 2. The molecule has 10 aromatic rings. The van der Waals surface area contributed by atoms with Gasteiger partial charge in [-0.15, -0.1) is 0 Å². The van der Waals surface area contributed by atoms with Crippen LogP contribution in [0.5, 0.6) is 0 Å². The largest absolute Gasteiger partial charge is 0.228 e. The topological polar surface area (TPSA) is 25.8 Å². The maximum atomic E-state index is 5.28. The van der Waals surface area contributed by atoms with Gasteiger partial charge in [0.1, 0.15) is 0 Å². The highest BCUT2D eigenvalue weighted by Gasteiger charge is 2.37. The Kier molecular flexibility index (Phi) is 8.86. The van der Waals surface area contributed by atoms with E-state index >= 15 is 0 Å². The van der Waals surface area contributed by atoms with E-state index in [0.717, 1.165) is 33.5 Å². The standard InChI is InChI=1S/C59H42N2/c1-59(2)54-28-15-14-25-51(54)53-27-16-26-48(57(53)59)46-36-44(40-19-8-4-9-20-40)35-45(37-46)47-33-34-52(50-24-13-12-23-49(47)50)56-38-55(60-58(61-56)43-21-10-5-11-22-43)42-31-29-41(30-32-42)39-17-6-3-7-18-39/h3-38H,1-2H3. The van der Waals surface area contributed by atoms with Crippen LogP contribution in [0.25, 0.3) is 100 Å². The number of benzene rings is 9. The summed E-state index contributed by atoms with van der Waals surface area (Å²) in [5.74, 6) is 0.703. The Morgan fingerprint density at radius 1 is 0.295 bits per heavy atom. The van der Waals surface area contributed by atoms with E-state index in [0.29, 0.717) is 5.82 Å². The molecule has 0 atom stereocenters. The molecule has 0 saturated carbocycles. The monoisotopic (exact) mass is 778 g/mol. The fraction of sp³-hybridized carbons (Fsp3) is 0.0508. The molecule has 9 aromatic carbocycles. The molecule has 11 rings (SSSR count). The molecule has 1 aliphatic rings. The maximum Gasteiger partial charge on any atom is 0.160 e. The molecule has 0 unspecified atom stereocenters. The van der Waals surface area contributed by atoms with Gasteiger partial charge in [-0.25, -0.2) is 9.97 Å². The van der Waals surface area contributed by atoms with Gasteiger partial charge in [-0.1, -0.05) is 208 Å². The SMILES string of the molecule is CC1(C)c2ccccc2-c2cccc(-c3cc(-c4ccccc4)cc(-c4ccc(-c5cc(-c6ccc(-c7ccccc7)cc6)nc(-c6ccccc6)n5)c5ccccc45)c3)c21. The summed E-state index contributed by atoms with van der Waals surface area (Å²) in [7, 11) is 0. The van der Waals surface area contributed by atoms with E-state index in [4.69, 9.17) is 9.97 Å². The van der Waals surface area contributed by atoms with Crippen LogP contribution in [-0.4, -0.2) is 9.97 Å². The zero-order valence-corrected chi connectivity index (χ0v) is 34.2. The van der Waals surface area contributed by atoms with Crippen LogP contribution in [0, 0.1) is 0 Å². The second kappa shape index (κ2) is 14.9. The first-order chi connectivity index (χ1) is 30.0. The van der Waals surface area contributed by atoms with E-state index in [-0.39, 0.29) is 5.41 Å². The molecule has 0 N–H and O–H groups in total. The van der Waals surface area contributed by atoms with Gasteiger partial charge < -0.3 is 0 Å². The average Bonchev–Trinajstić information content (AvgIpc) is 3.57. The van der Waals surface area contributed by atoms with Crippen molar-refractivity contribution in [2.24, 2.45) is 0 Å². The minimum atomic E-state index is -0.140. The van der Waals surface area contributed by atoms with Gasteiger partial charge in [-0.05, 0) is 102 Å². The highest BCUT2D eigenvalue weighted by Crippen LogP contribution is 2.52. The molecular weight excluding hydrogens is 737 g/mol. The van der Waals surface area contributed by atoms with Crippen molar-refractivity contribution in [2.75, 3.05) is 0 Å². The lowest BCUT2D eigenvalue weighted by molar-refractivity contribution is 0.662. The Balaban J connectivity index is 1.08. The zero-order valence-electron chi connectivity index (χ0n) is 34.2. The van der Waals surface area contributed by atoms with Crippen molar-refractivity contribution < 1.29 is 0 Å². The molecule has 0 spiro atoms. The van der Waals surface area contributed by atoms with Crippen LogP contribution in [-0.2, 0) is 5.41 Å². The quantitative estimate of drug-likeness (QED) is 0.161. The van der Waals surface area contributed by atoms with Gasteiger partial charge >= 0.3 is 0 Å². The summed E-state index contributed by atoms with van der Waals surface area (Å²) in [4.78, 5) is 10.4. The summed E-state index contributed by atoms with van der Waals surface area (Å²) >= 11 is 0. The Morgan fingerprint density at radius 3 is 1.48 bits per heavy atom. The van der Waals surface area contributed by atoms with Gasteiger partial charge in [0.15, 0.2) is 5.82 Å². The van der Waals surface area contributed by atoms with Crippen molar-refractivity contribution in [1.82, 2.24) is 9.97 Å². The zero-order chi connectivity index (χ0) is 40.9. The van der Waals surface area contributed by atoms with Crippen molar-refractivity contribution in [3.05, 3.63) is 230 Å². The lowest BCUT2D eigenvalue weighted by atomic mass is 9.78. The predicted molar refractivity (Wildman–Crippen MR) is 255 cm³/mol. The molecule has 2 nitrogen and oxygen atoms in total. The normalized spacial score (nSPS) is 12.6. The highest BCUT2D eigenvalue weighted by molar-refractivity contribution is 6.06. The van der Waals surface area contributed by atoms with Crippen molar-refractivity contribution in [3.8, 4) is 89.5 Å². The first kappa shape index (κ1) is 36.4. The van der Waals surface area contributed by atoms with Gasteiger partial charge in [0, 0.05) is 22.1 Å². The molecule has 0 bridgehead atoms. The fourth-order valence-corrected chi connectivity index (χ4v) is 9.51. The molecule has 0 fully saturated rings. The van der Waals surface area contributed by atoms with Gasteiger partial charge in [-0.2, -0.15) is 0 Å². The summed E-state index contributed by atoms with van der Waals surface area (Å²) in [6.07, 6.45) is 0. The van der Waals surface area contributed by atoms with Gasteiger partial charge in [0.2, 0.25) is 0 Å². The third-order valence-corrected chi connectivity index (χ3v) is 12.5. The summed E-state index contributed by atoms with van der Waals surface area (Å²) in [5, 5.41) is 2.32. The van der Waals surface area contributed by atoms with Crippen LogP contribution in [0.3, 0.4) is 0 Å². The van der Waals surface area contributed by atoms with E-state index in [1.54, 1.807) is 0 Å². The highest BCUT2D eigenvalue weighted by atomic mass is 14.9. The lowest BCUT2D eigenvalue weighted by Gasteiger charge is -2.25. The van der Waals surface area contributed by atoms with Gasteiger partial charge in [-0.3, -0.25) is 0 Å². The third-order valence-electron chi connectivity index (χ3n) is 12.5. The van der Waals surface area contributed by atoms with Crippen molar-refractivity contribution in [1.29, 1.82) is 0 Å². The van der Waals surface area contributed by atoms with Gasteiger partial charge in [0.05, 0.1) is 11.4 Å². The van der Waals surface area contributed by atoms with Crippen LogP contribution in [0.15, 0.2) is 218 Å². The van der Waals surface area contributed by atoms with E-state index in [9.17, 15) is 0 Å². The molecule has 1 aromatic heterocycles. The second-order valence-corrected chi connectivity index (χ2v) is 16.5. The third kappa shape index (κ3) is 6.45. The number of fused-ring (bicyclic) bond motifs is 4. The average molecular weight is 779 g/mol. The van der Waals surface area contributed by atoms with Crippen molar-refractivity contribution >= 4 is 10.8 Å². The summed E-state index contributed by atoms with van der Waals surface area (Å²) < 4.78 is 0. The minimum absolute atomic E-state index is 0.140. The molecule has 1 heterocycles. The van der Waals surface area contributed by atoms with E-state index < -0.39 is 0 Å². The Bertz CT molecular complexity index is 3240. The summed E-state index contributed by atoms with van der Waals surface area (Å²) in [6.45, 7) is 4.74. The van der Waals surface area contributed by atoms with Crippen LogP contribution in [0.4, 0.5) is 0 Å². The molecule has 0 radical (unpaired) electrons. The van der Waals surface area contributed by atoms with E-state index in [1.165, 1.54) is 72.1 Å². The molecule has 2 heteroatoms. The maximum absolute atomic E-state index is 5.28. The van der Waals surface area contributed by atoms with E-state index in [2.05, 4.69) is 214 Å². The first-order valence-electron chi connectivity index (χ1n) is 21.1. The van der Waals surface area contributed by atoms with Gasteiger partial charge in [0.25, 0.3) is 0 Å². The van der Waals surface area contributed by atoms with Crippen LogP contribution >= 0.6 is 0 Å². The molecule has 61 heavy (non-hydrogen) atoms. The number of hydrogen-bond donors (Lipinski definition) is 0. The molecule has 0 saturated heterocycles. The summed E-state index contributed by atoms with van der Waals surface area (Å²) in [6, 6.07) is 78.6. The van der Waals surface area contributed by atoms with Crippen LogP contribution in [0.2, 0.25) is 0 Å². The fourth-order valence-electron chi connectivity index (χ4n) is 9.51. The molecule has 0 aliphatic heterocycles. The van der Waals surface area contributed by atoms with Crippen molar-refractivity contribution in [2.45, 2.75) is 19.3 Å². The molecule has 1 aliphatic carbocycles. The Hall–Kier alpha value is -7.68. The number of rotatable bonds is 7. The van der Waals surface area contributed by atoms with Crippen LogP contribution in [0.1, 0.15) is 25.0 Å². The lowest BCUT2D eigenvalue weighted by Crippen LogP contribution is -2.16. The summed E-state index contributed by atoms with van der Waals surface area (Å²) in [5.41, 5.74) is 19.8. The number of hydrogen-bond acceptors (Lipinski definition) is 2. The predicted octanol–water partition coefficient (Wildman–Crippen LogP) is 15.6. The number of nitrogens with zero attached hydrogens (tertiary/aromatic N) is 2. The minimum Gasteiger partial charge on any atom is -0.228 e. The molecule has 288 valence electrons. The van der Waals surface area contributed by atoms with Crippen LogP contribution < -0.4 is 0 Å².